The fourth-order valence-electron chi connectivity index (χ4n) is 1.63. The summed E-state index contributed by atoms with van der Waals surface area (Å²) in [5.74, 6) is 5.46. The second-order valence-corrected chi connectivity index (χ2v) is 8.69. The Bertz CT molecular complexity index is 681. The number of carbonyl (C=O) groups is 1. The number of aryl methyl sites for hydroxylation is 1. The molecule has 0 bridgehead atoms. The van der Waals surface area contributed by atoms with Gasteiger partial charge in [-0.25, -0.2) is 15.7 Å². The Balaban J connectivity index is 2.67. The van der Waals surface area contributed by atoms with Gasteiger partial charge in [-0.15, -0.1) is 5.10 Å². The van der Waals surface area contributed by atoms with Crippen molar-refractivity contribution in [1.29, 1.82) is 0 Å². The molecule has 0 aliphatic heterocycles. The Morgan fingerprint density at radius 1 is 1.56 bits per heavy atom. The van der Waals surface area contributed by atoms with E-state index in [2.05, 4.69) is 10.1 Å². The van der Waals surface area contributed by atoms with Crippen LogP contribution in [0.1, 0.15) is 33.1 Å². The van der Waals surface area contributed by atoms with Gasteiger partial charge in [-0.1, -0.05) is 22.1 Å². The summed E-state index contributed by atoms with van der Waals surface area (Å²) in [7, 11) is -0.00677. The van der Waals surface area contributed by atoms with Crippen molar-refractivity contribution in [2.75, 3.05) is 7.11 Å². The number of nitrogens with two attached hydrogens (primary N) is 3. The van der Waals surface area contributed by atoms with E-state index in [1.165, 1.54) is 16.8 Å². The normalized spacial score (nSPS) is 16.8. The predicted octanol–water partition coefficient (Wildman–Crippen LogP) is 0.535. The maximum absolute atomic E-state index is 12.0. The number of hydrogen-bond acceptors (Lipinski definition) is 9. The predicted molar refractivity (Wildman–Crippen MR) is 98.6 cm³/mol. The van der Waals surface area contributed by atoms with Gasteiger partial charge in [-0.05, 0) is 26.7 Å². The molecule has 1 unspecified atom stereocenters. The first kappa shape index (κ1) is 21.6. The lowest BCUT2D eigenvalue weighted by Gasteiger charge is -2.26. The number of aromatic nitrogens is 2. The summed E-state index contributed by atoms with van der Waals surface area (Å²) in [5, 5.41) is 11.2. The number of carbonyl (C=O) groups excluding carboxylic acids is 1. The van der Waals surface area contributed by atoms with Crippen LogP contribution in [0.4, 0.5) is 0 Å². The molecular formula is C13H27N7O3S2. The first-order chi connectivity index (χ1) is 11.6. The first-order valence-electron chi connectivity index (χ1n) is 7.57. The van der Waals surface area contributed by atoms with E-state index in [1.807, 2.05) is 13.8 Å². The van der Waals surface area contributed by atoms with Crippen LogP contribution >= 0.6 is 22.1 Å². The minimum atomic E-state index is -2.91. The van der Waals surface area contributed by atoms with E-state index in [0.29, 0.717) is 23.3 Å². The topological polar surface area (TPSA) is 158 Å². The van der Waals surface area contributed by atoms with Crippen LogP contribution in [0.3, 0.4) is 0 Å². The zero-order chi connectivity index (χ0) is 19.2. The Morgan fingerprint density at radius 2 is 2.20 bits per heavy atom. The molecule has 12 heteroatoms. The highest BCUT2D eigenvalue weighted by Gasteiger charge is 2.18. The average Bonchev–Trinajstić information content (AvgIpc) is 2.88. The monoisotopic (exact) mass is 393 g/mol. The third-order valence-corrected chi connectivity index (χ3v) is 6.03. The summed E-state index contributed by atoms with van der Waals surface area (Å²) < 4.78 is 16.3. The smallest absolute Gasteiger partial charge is 0.248 e. The third-order valence-electron chi connectivity index (χ3n) is 3.18. The van der Waals surface area contributed by atoms with Crippen LogP contribution in [0.25, 0.3) is 0 Å². The number of hydrazine groups is 1. The maximum Gasteiger partial charge on any atom is 0.248 e. The van der Waals surface area contributed by atoms with Crippen LogP contribution < -0.4 is 21.5 Å². The number of hydrogen-bond donors (Lipinski definition) is 4. The molecular weight excluding hydrogens is 366 g/mol. The van der Waals surface area contributed by atoms with E-state index in [0.717, 1.165) is 11.3 Å². The van der Waals surface area contributed by atoms with E-state index in [9.17, 15) is 9.35 Å². The van der Waals surface area contributed by atoms with E-state index in [1.54, 1.807) is 13.2 Å². The molecule has 0 aromatic carbocycles. The lowest BCUT2D eigenvalue weighted by molar-refractivity contribution is -0.118. The first-order valence-corrected chi connectivity index (χ1v) is 9.96. The summed E-state index contributed by atoms with van der Waals surface area (Å²) >= 11 is 1.01. The highest BCUT2D eigenvalue weighted by atomic mass is 32.3. The van der Waals surface area contributed by atoms with E-state index in [-0.39, 0.29) is 22.7 Å². The number of rotatable bonds is 8. The molecule has 144 valence electrons. The number of amides is 1. The second-order valence-electron chi connectivity index (χ2n) is 5.61. The van der Waals surface area contributed by atoms with Gasteiger partial charge < -0.3 is 10.7 Å². The summed E-state index contributed by atoms with van der Waals surface area (Å²) in [6.45, 7) is 3.90. The molecule has 0 radical (unpaired) electrons. The van der Waals surface area contributed by atoms with Crippen molar-refractivity contribution >= 4 is 28.0 Å². The van der Waals surface area contributed by atoms with E-state index >= 15 is 0 Å². The summed E-state index contributed by atoms with van der Waals surface area (Å²) in [6.07, 6.45) is 2.99. The molecule has 7 N–H and O–H groups in total. The van der Waals surface area contributed by atoms with Crippen LogP contribution in [0, 0.1) is 0 Å². The van der Waals surface area contributed by atoms with Crippen molar-refractivity contribution in [3.05, 3.63) is 16.7 Å². The second kappa shape index (κ2) is 9.31. The molecule has 1 amide bonds. The molecule has 1 heterocycles. The molecule has 1 aromatic heterocycles. The quantitative estimate of drug-likeness (QED) is 0.368. The minimum absolute atomic E-state index is 0.145. The molecule has 0 aliphatic carbocycles. The van der Waals surface area contributed by atoms with Gasteiger partial charge in [-0.3, -0.25) is 13.5 Å². The number of allylic oxidation sites excluding steroid dienone is 1. The lowest BCUT2D eigenvalue weighted by atomic mass is 10.2. The molecule has 10 nitrogen and oxygen atoms in total. The van der Waals surface area contributed by atoms with E-state index < -0.39 is 10.8 Å². The maximum atomic E-state index is 12.0. The van der Waals surface area contributed by atoms with Gasteiger partial charge in [0.15, 0.2) is 0 Å². The van der Waals surface area contributed by atoms with Crippen molar-refractivity contribution in [3.8, 4) is 0 Å². The van der Waals surface area contributed by atoms with Gasteiger partial charge in [0.25, 0.3) is 0 Å². The molecule has 0 saturated carbocycles. The zero-order valence-corrected chi connectivity index (χ0v) is 16.5. The summed E-state index contributed by atoms with van der Waals surface area (Å²) in [4.78, 5) is 16.3. The van der Waals surface area contributed by atoms with Crippen molar-refractivity contribution in [2.24, 2.45) is 28.8 Å². The van der Waals surface area contributed by atoms with Crippen molar-refractivity contribution in [1.82, 2.24) is 14.8 Å². The Kier molecular flexibility index (Phi) is 8.05. The van der Waals surface area contributed by atoms with Crippen LogP contribution in [-0.2, 0) is 16.0 Å². The molecule has 0 spiro atoms. The standard InChI is InChI=1S/C13H27N7O3S2/c1-9(2)20(15)8-10(14)6-5-7-11(21)17-12-19(3)18-13(24-12)25(16,22)23-4/h8-9,22H,5-7,14-16H2,1-4H3/b10-8-,17-12?. The van der Waals surface area contributed by atoms with Gasteiger partial charge in [0, 0.05) is 31.4 Å². The largest absolute Gasteiger partial charge is 0.401 e. The van der Waals surface area contributed by atoms with Gasteiger partial charge >= 0.3 is 0 Å². The van der Waals surface area contributed by atoms with Gasteiger partial charge in [0.1, 0.15) is 0 Å². The molecule has 25 heavy (non-hydrogen) atoms. The fourth-order valence-corrected chi connectivity index (χ4v) is 3.55. The highest BCUT2D eigenvalue weighted by molar-refractivity contribution is 8.24. The van der Waals surface area contributed by atoms with Crippen LogP contribution in [0.5, 0.6) is 0 Å². The Labute approximate surface area is 152 Å². The molecule has 0 aliphatic rings. The van der Waals surface area contributed by atoms with Gasteiger partial charge in [-0.2, -0.15) is 4.99 Å². The van der Waals surface area contributed by atoms with Crippen molar-refractivity contribution in [2.45, 2.75) is 43.5 Å². The summed E-state index contributed by atoms with van der Waals surface area (Å²) in [6, 6.07) is 0.145. The SMILES string of the molecule is COS(N)(O)c1nn(C)c(=NC(=O)CCC/C(N)=C/N(N)C(C)C)s1. The molecule has 1 atom stereocenters. The van der Waals surface area contributed by atoms with Crippen LogP contribution in [0.15, 0.2) is 21.2 Å². The fraction of sp³-hybridized carbons (Fsp3) is 0.615. The van der Waals surface area contributed by atoms with Crippen molar-refractivity contribution < 1.29 is 13.5 Å². The van der Waals surface area contributed by atoms with Crippen LogP contribution in [-0.4, -0.2) is 38.4 Å². The Hall–Kier alpha value is -1.44. The summed E-state index contributed by atoms with van der Waals surface area (Å²) in [5.41, 5.74) is 6.48. The van der Waals surface area contributed by atoms with Crippen molar-refractivity contribution in [3.63, 3.8) is 0 Å². The van der Waals surface area contributed by atoms with Gasteiger partial charge in [0.2, 0.25) is 15.0 Å². The third kappa shape index (κ3) is 6.76. The van der Waals surface area contributed by atoms with Gasteiger partial charge in [0.05, 0.1) is 7.11 Å². The highest BCUT2D eigenvalue weighted by Crippen LogP contribution is 2.44. The van der Waals surface area contributed by atoms with Crippen LogP contribution in [0.2, 0.25) is 0 Å². The molecule has 0 saturated heterocycles. The van der Waals surface area contributed by atoms with E-state index in [4.69, 9.17) is 20.9 Å². The molecule has 1 rings (SSSR count). The Morgan fingerprint density at radius 3 is 2.76 bits per heavy atom. The minimum Gasteiger partial charge on any atom is -0.401 e. The average molecular weight is 394 g/mol. The zero-order valence-electron chi connectivity index (χ0n) is 14.9. The number of nitrogens with zero attached hydrogens (tertiary/aromatic N) is 4. The molecule has 1 aromatic rings. The molecule has 0 fully saturated rings. The lowest BCUT2D eigenvalue weighted by Crippen LogP contribution is -2.33.